The molecule has 1 aromatic carbocycles. The summed E-state index contributed by atoms with van der Waals surface area (Å²) in [5.41, 5.74) is 6.48. The third kappa shape index (κ3) is 6.14. The molecule has 18 heavy (non-hydrogen) atoms. The lowest BCUT2D eigenvalue weighted by molar-refractivity contribution is 0.556. The van der Waals surface area contributed by atoms with Gasteiger partial charge < -0.3 is 5.73 Å². The van der Waals surface area contributed by atoms with Crippen molar-refractivity contribution in [2.45, 2.75) is 32.2 Å². The van der Waals surface area contributed by atoms with Gasteiger partial charge in [-0.3, -0.25) is 0 Å². The maximum atomic E-state index is 11.8. The average molecular weight is 270 g/mol. The second kappa shape index (κ2) is 7.51. The number of rotatable bonds is 8. The van der Waals surface area contributed by atoms with Crippen molar-refractivity contribution in [3.8, 4) is 0 Å². The molecule has 3 N–H and O–H groups in total. The third-order valence-electron chi connectivity index (χ3n) is 2.63. The summed E-state index contributed by atoms with van der Waals surface area (Å²) < 4.78 is 26.2. The first kappa shape index (κ1) is 15.1. The Kier molecular flexibility index (Phi) is 6.32. The Bertz CT molecular complexity index is 432. The van der Waals surface area contributed by atoms with Crippen LogP contribution in [0.15, 0.2) is 30.3 Å². The Balaban J connectivity index is 2.41. The van der Waals surface area contributed by atoms with E-state index in [1.807, 2.05) is 37.3 Å². The van der Waals surface area contributed by atoms with E-state index in [-0.39, 0.29) is 11.8 Å². The van der Waals surface area contributed by atoms with Crippen LogP contribution in [-0.2, 0) is 16.4 Å². The Hall–Kier alpha value is -0.910. The Morgan fingerprint density at radius 1 is 1.22 bits per heavy atom. The predicted octanol–water partition coefficient (Wildman–Crippen LogP) is 1.28. The first-order chi connectivity index (χ1) is 8.53. The van der Waals surface area contributed by atoms with E-state index < -0.39 is 10.0 Å². The molecule has 1 atom stereocenters. The van der Waals surface area contributed by atoms with Crippen molar-refractivity contribution in [1.82, 2.24) is 4.72 Å². The summed E-state index contributed by atoms with van der Waals surface area (Å²) in [7, 11) is -3.18. The van der Waals surface area contributed by atoms with Crippen molar-refractivity contribution in [3.63, 3.8) is 0 Å². The monoisotopic (exact) mass is 270 g/mol. The summed E-state index contributed by atoms with van der Waals surface area (Å²) in [6.07, 6.45) is 2.06. The standard InChI is InChI=1S/C13H22N2O2S/c1-12(11-13-7-3-2-4-8-13)15-18(16,17)10-6-5-9-14/h2-4,7-8,12,15H,5-6,9-11,14H2,1H3. The predicted molar refractivity (Wildman–Crippen MR) is 74.8 cm³/mol. The molecule has 0 fully saturated rings. The number of hydrogen-bond donors (Lipinski definition) is 2. The molecule has 4 nitrogen and oxygen atoms in total. The van der Waals surface area contributed by atoms with E-state index in [0.29, 0.717) is 19.4 Å². The molecule has 0 amide bonds. The number of benzene rings is 1. The first-order valence-corrected chi connectivity index (χ1v) is 7.93. The van der Waals surface area contributed by atoms with Crippen molar-refractivity contribution >= 4 is 10.0 Å². The summed E-state index contributed by atoms with van der Waals surface area (Å²) in [5, 5.41) is 0. The second-order valence-electron chi connectivity index (χ2n) is 4.52. The highest BCUT2D eigenvalue weighted by Crippen LogP contribution is 2.04. The SMILES string of the molecule is CC(Cc1ccccc1)NS(=O)(=O)CCCCN. The van der Waals surface area contributed by atoms with E-state index in [2.05, 4.69) is 4.72 Å². The van der Waals surface area contributed by atoms with Gasteiger partial charge in [0.2, 0.25) is 10.0 Å². The second-order valence-corrected chi connectivity index (χ2v) is 6.40. The number of unbranched alkanes of at least 4 members (excludes halogenated alkanes) is 1. The molecule has 0 aliphatic carbocycles. The van der Waals surface area contributed by atoms with E-state index in [4.69, 9.17) is 5.73 Å². The minimum atomic E-state index is -3.18. The van der Waals surface area contributed by atoms with Crippen LogP contribution in [-0.4, -0.2) is 26.8 Å². The van der Waals surface area contributed by atoms with E-state index >= 15 is 0 Å². The fourth-order valence-electron chi connectivity index (χ4n) is 1.81. The molecule has 1 aromatic rings. The summed E-state index contributed by atoms with van der Waals surface area (Å²) >= 11 is 0. The first-order valence-electron chi connectivity index (χ1n) is 6.27. The van der Waals surface area contributed by atoms with Gasteiger partial charge in [0.15, 0.2) is 0 Å². The lowest BCUT2D eigenvalue weighted by atomic mass is 10.1. The van der Waals surface area contributed by atoms with E-state index in [0.717, 1.165) is 12.0 Å². The van der Waals surface area contributed by atoms with Crippen LogP contribution in [0.5, 0.6) is 0 Å². The van der Waals surface area contributed by atoms with Crippen LogP contribution in [0.4, 0.5) is 0 Å². The molecule has 0 saturated carbocycles. The van der Waals surface area contributed by atoms with Gasteiger partial charge in [-0.25, -0.2) is 13.1 Å². The van der Waals surface area contributed by atoms with Gasteiger partial charge in [-0.1, -0.05) is 30.3 Å². The highest BCUT2D eigenvalue weighted by atomic mass is 32.2. The topological polar surface area (TPSA) is 72.2 Å². The molecule has 0 heterocycles. The van der Waals surface area contributed by atoms with Crippen LogP contribution >= 0.6 is 0 Å². The largest absolute Gasteiger partial charge is 0.330 e. The van der Waals surface area contributed by atoms with Crippen LogP contribution in [0.1, 0.15) is 25.3 Å². The maximum Gasteiger partial charge on any atom is 0.211 e. The smallest absolute Gasteiger partial charge is 0.211 e. The van der Waals surface area contributed by atoms with E-state index in [9.17, 15) is 8.42 Å². The lowest BCUT2D eigenvalue weighted by Crippen LogP contribution is -2.35. The van der Waals surface area contributed by atoms with Crippen molar-refractivity contribution < 1.29 is 8.42 Å². The van der Waals surface area contributed by atoms with Gasteiger partial charge >= 0.3 is 0 Å². The quantitative estimate of drug-likeness (QED) is 0.699. The van der Waals surface area contributed by atoms with Gasteiger partial charge in [-0.05, 0) is 38.3 Å². The van der Waals surface area contributed by atoms with E-state index in [1.54, 1.807) is 0 Å². The van der Waals surface area contributed by atoms with Crippen LogP contribution in [0, 0.1) is 0 Å². The summed E-state index contributed by atoms with van der Waals surface area (Å²) in [6, 6.07) is 9.77. The molecule has 0 aromatic heterocycles. The van der Waals surface area contributed by atoms with Crippen molar-refractivity contribution in [1.29, 1.82) is 0 Å². The molecule has 1 unspecified atom stereocenters. The van der Waals surface area contributed by atoms with Crippen LogP contribution < -0.4 is 10.5 Å². The summed E-state index contributed by atoms with van der Waals surface area (Å²) in [6.45, 7) is 2.42. The fourth-order valence-corrected chi connectivity index (χ4v) is 3.21. The minimum absolute atomic E-state index is 0.0877. The van der Waals surface area contributed by atoms with Gasteiger partial charge in [0.05, 0.1) is 5.75 Å². The molecule has 0 radical (unpaired) electrons. The Morgan fingerprint density at radius 3 is 2.50 bits per heavy atom. The Labute approximate surface area is 110 Å². The molecule has 0 aliphatic heterocycles. The molecule has 102 valence electrons. The minimum Gasteiger partial charge on any atom is -0.330 e. The zero-order valence-corrected chi connectivity index (χ0v) is 11.6. The van der Waals surface area contributed by atoms with Gasteiger partial charge in [-0.15, -0.1) is 0 Å². The van der Waals surface area contributed by atoms with Gasteiger partial charge in [0, 0.05) is 6.04 Å². The van der Waals surface area contributed by atoms with Crippen LogP contribution in [0.3, 0.4) is 0 Å². The maximum absolute atomic E-state index is 11.8. The Morgan fingerprint density at radius 2 is 1.89 bits per heavy atom. The molecular weight excluding hydrogens is 248 g/mol. The molecule has 0 aliphatic rings. The number of sulfonamides is 1. The fraction of sp³-hybridized carbons (Fsp3) is 0.538. The molecule has 0 bridgehead atoms. The molecule has 0 saturated heterocycles. The van der Waals surface area contributed by atoms with Crippen LogP contribution in [0.25, 0.3) is 0 Å². The van der Waals surface area contributed by atoms with Crippen molar-refractivity contribution in [3.05, 3.63) is 35.9 Å². The average Bonchev–Trinajstić information content (AvgIpc) is 2.29. The number of nitrogens with one attached hydrogen (secondary N) is 1. The molecule has 1 rings (SSSR count). The van der Waals surface area contributed by atoms with Crippen molar-refractivity contribution in [2.75, 3.05) is 12.3 Å². The highest BCUT2D eigenvalue weighted by Gasteiger charge is 2.14. The van der Waals surface area contributed by atoms with Gasteiger partial charge in [0.25, 0.3) is 0 Å². The van der Waals surface area contributed by atoms with E-state index in [1.165, 1.54) is 0 Å². The molecule has 5 heteroatoms. The van der Waals surface area contributed by atoms with Crippen LogP contribution in [0.2, 0.25) is 0 Å². The van der Waals surface area contributed by atoms with Crippen molar-refractivity contribution in [2.24, 2.45) is 5.73 Å². The highest BCUT2D eigenvalue weighted by molar-refractivity contribution is 7.89. The zero-order chi connectivity index (χ0) is 13.4. The van der Waals surface area contributed by atoms with Gasteiger partial charge in [-0.2, -0.15) is 0 Å². The summed E-state index contributed by atoms with van der Waals surface area (Å²) in [5.74, 6) is 0.156. The molecular formula is C13H22N2O2S. The zero-order valence-electron chi connectivity index (χ0n) is 10.8. The normalized spacial score (nSPS) is 13.4. The molecule has 0 spiro atoms. The number of hydrogen-bond acceptors (Lipinski definition) is 3. The summed E-state index contributed by atoms with van der Waals surface area (Å²) in [4.78, 5) is 0. The van der Waals surface area contributed by atoms with Gasteiger partial charge in [0.1, 0.15) is 0 Å². The number of nitrogens with two attached hydrogens (primary N) is 1. The lowest BCUT2D eigenvalue weighted by Gasteiger charge is -2.14. The third-order valence-corrected chi connectivity index (χ3v) is 4.22.